The van der Waals surface area contributed by atoms with Crippen molar-refractivity contribution in [2.24, 2.45) is 0 Å². The van der Waals surface area contributed by atoms with Crippen molar-refractivity contribution in [1.29, 1.82) is 0 Å². The molecule has 0 fully saturated rings. The van der Waals surface area contributed by atoms with Gasteiger partial charge in [0.1, 0.15) is 0 Å². The number of ether oxygens (including phenoxy) is 1. The number of hydrogen-bond donors (Lipinski definition) is 1. The van der Waals surface area contributed by atoms with Crippen LogP contribution in [0, 0.1) is 0 Å². The Hall–Kier alpha value is -1.84. The summed E-state index contributed by atoms with van der Waals surface area (Å²) in [6.45, 7) is 5.01. The molecule has 0 aliphatic carbocycles. The van der Waals surface area contributed by atoms with E-state index in [1.54, 1.807) is 0 Å². The van der Waals surface area contributed by atoms with Crippen LogP contribution in [0.4, 0.5) is 0 Å². The Kier molecular flexibility index (Phi) is 5.99. The summed E-state index contributed by atoms with van der Waals surface area (Å²) in [4.78, 5) is 12.1. The number of carbonyl (C=O) groups excluding carboxylic acids is 1. The molecule has 2 aromatic rings. The maximum absolute atomic E-state index is 12.1. The quantitative estimate of drug-likeness (QED) is 0.867. The number of nitrogens with one attached hydrogen (secondary N) is 1. The van der Waals surface area contributed by atoms with E-state index in [2.05, 4.69) is 5.32 Å². The molecule has 0 bridgehead atoms. The molecule has 4 heteroatoms. The van der Waals surface area contributed by atoms with E-state index in [0.717, 1.165) is 11.1 Å². The number of rotatable bonds is 6. The van der Waals surface area contributed by atoms with Crippen molar-refractivity contribution >= 4 is 17.5 Å². The Labute approximate surface area is 136 Å². The highest BCUT2D eigenvalue weighted by Crippen LogP contribution is 2.11. The van der Waals surface area contributed by atoms with Gasteiger partial charge in [0.15, 0.2) is 0 Å². The van der Waals surface area contributed by atoms with Crippen LogP contribution in [0.15, 0.2) is 48.5 Å². The molecule has 0 unspecified atom stereocenters. The molecule has 1 N–H and O–H groups in total. The highest BCUT2D eigenvalue weighted by atomic mass is 35.5. The topological polar surface area (TPSA) is 38.3 Å². The van der Waals surface area contributed by atoms with Gasteiger partial charge in [0.2, 0.25) is 0 Å². The van der Waals surface area contributed by atoms with Crippen LogP contribution in [0.2, 0.25) is 5.02 Å². The standard InChI is InChI=1S/C18H20ClNO2/c1-13(2)22-12-14-6-8-16(9-7-14)18(21)20-11-15-4-3-5-17(19)10-15/h3-10,13H,11-12H2,1-2H3,(H,20,21). The predicted molar refractivity (Wildman–Crippen MR) is 89.0 cm³/mol. The van der Waals surface area contributed by atoms with Gasteiger partial charge in [-0.1, -0.05) is 35.9 Å². The lowest BCUT2D eigenvalue weighted by Crippen LogP contribution is -2.22. The van der Waals surface area contributed by atoms with Crippen LogP contribution in [0.5, 0.6) is 0 Å². The van der Waals surface area contributed by atoms with Crippen LogP contribution in [-0.2, 0) is 17.9 Å². The number of hydrogen-bond acceptors (Lipinski definition) is 2. The normalized spacial score (nSPS) is 10.7. The van der Waals surface area contributed by atoms with Crippen molar-refractivity contribution in [1.82, 2.24) is 5.32 Å². The van der Waals surface area contributed by atoms with Crippen LogP contribution >= 0.6 is 11.6 Å². The predicted octanol–water partition coefficient (Wildman–Crippen LogP) is 4.20. The fourth-order valence-electron chi connectivity index (χ4n) is 1.95. The van der Waals surface area contributed by atoms with Gasteiger partial charge in [-0.15, -0.1) is 0 Å². The van der Waals surface area contributed by atoms with E-state index in [-0.39, 0.29) is 12.0 Å². The summed E-state index contributed by atoms with van der Waals surface area (Å²) in [7, 11) is 0. The van der Waals surface area contributed by atoms with E-state index in [1.807, 2.05) is 62.4 Å². The Morgan fingerprint density at radius 3 is 2.50 bits per heavy atom. The smallest absolute Gasteiger partial charge is 0.251 e. The highest BCUT2D eigenvalue weighted by Gasteiger charge is 2.06. The Morgan fingerprint density at radius 2 is 1.86 bits per heavy atom. The van der Waals surface area contributed by atoms with E-state index < -0.39 is 0 Å². The zero-order valence-corrected chi connectivity index (χ0v) is 13.6. The molecule has 0 heterocycles. The lowest BCUT2D eigenvalue weighted by molar-refractivity contribution is 0.0657. The van der Waals surface area contributed by atoms with E-state index >= 15 is 0 Å². The molecule has 0 atom stereocenters. The minimum Gasteiger partial charge on any atom is -0.374 e. The van der Waals surface area contributed by atoms with Crippen molar-refractivity contribution in [2.75, 3.05) is 0 Å². The molecule has 2 aromatic carbocycles. The molecule has 0 saturated heterocycles. The second-order valence-electron chi connectivity index (χ2n) is 5.37. The zero-order chi connectivity index (χ0) is 15.9. The molecule has 0 aliphatic rings. The Balaban J connectivity index is 1.89. The summed E-state index contributed by atoms with van der Waals surface area (Å²) < 4.78 is 5.53. The maximum atomic E-state index is 12.1. The van der Waals surface area contributed by atoms with Crippen LogP contribution in [0.25, 0.3) is 0 Å². The SMILES string of the molecule is CC(C)OCc1ccc(C(=O)NCc2cccc(Cl)c2)cc1. The largest absolute Gasteiger partial charge is 0.374 e. The molecule has 2 rings (SSSR count). The molecule has 0 saturated carbocycles. The number of carbonyl (C=O) groups is 1. The summed E-state index contributed by atoms with van der Waals surface area (Å²) in [6.07, 6.45) is 0.195. The zero-order valence-electron chi connectivity index (χ0n) is 12.8. The fourth-order valence-corrected chi connectivity index (χ4v) is 2.16. The summed E-state index contributed by atoms with van der Waals surface area (Å²) in [5, 5.41) is 3.55. The van der Waals surface area contributed by atoms with Gasteiger partial charge in [-0.05, 0) is 49.2 Å². The Bertz CT molecular complexity index is 623. The lowest BCUT2D eigenvalue weighted by Gasteiger charge is -2.09. The average Bonchev–Trinajstić information content (AvgIpc) is 2.51. The first-order valence-corrected chi connectivity index (χ1v) is 7.65. The Morgan fingerprint density at radius 1 is 1.14 bits per heavy atom. The molecule has 116 valence electrons. The van der Waals surface area contributed by atoms with Crippen molar-refractivity contribution in [3.05, 3.63) is 70.2 Å². The first-order chi connectivity index (χ1) is 10.5. The van der Waals surface area contributed by atoms with E-state index in [4.69, 9.17) is 16.3 Å². The third-order valence-corrected chi connectivity index (χ3v) is 3.38. The molecule has 1 amide bonds. The van der Waals surface area contributed by atoms with E-state index in [9.17, 15) is 4.79 Å². The molecule has 0 aliphatic heterocycles. The van der Waals surface area contributed by atoms with Crippen molar-refractivity contribution in [3.8, 4) is 0 Å². The van der Waals surface area contributed by atoms with Crippen molar-refractivity contribution in [3.63, 3.8) is 0 Å². The van der Waals surface area contributed by atoms with Crippen molar-refractivity contribution < 1.29 is 9.53 Å². The van der Waals surface area contributed by atoms with Crippen LogP contribution in [-0.4, -0.2) is 12.0 Å². The number of halogens is 1. The first-order valence-electron chi connectivity index (χ1n) is 7.28. The number of benzene rings is 2. The molecule has 3 nitrogen and oxygen atoms in total. The third kappa shape index (κ3) is 5.17. The van der Waals surface area contributed by atoms with E-state index in [0.29, 0.717) is 23.7 Å². The van der Waals surface area contributed by atoms with Gasteiger partial charge in [-0.25, -0.2) is 0 Å². The first kappa shape index (κ1) is 16.5. The molecule has 22 heavy (non-hydrogen) atoms. The minimum atomic E-state index is -0.101. The van der Waals surface area contributed by atoms with Gasteiger partial charge in [0.25, 0.3) is 5.91 Å². The molecule has 0 radical (unpaired) electrons. The van der Waals surface area contributed by atoms with Gasteiger partial charge >= 0.3 is 0 Å². The van der Waals surface area contributed by atoms with Gasteiger partial charge in [0.05, 0.1) is 12.7 Å². The molecule has 0 spiro atoms. The lowest BCUT2D eigenvalue weighted by atomic mass is 10.1. The van der Waals surface area contributed by atoms with Gasteiger partial charge < -0.3 is 10.1 Å². The maximum Gasteiger partial charge on any atom is 0.251 e. The second kappa shape index (κ2) is 7.97. The third-order valence-electron chi connectivity index (χ3n) is 3.14. The van der Waals surface area contributed by atoms with Gasteiger partial charge in [-0.2, -0.15) is 0 Å². The van der Waals surface area contributed by atoms with Crippen LogP contribution < -0.4 is 5.32 Å². The van der Waals surface area contributed by atoms with Crippen LogP contribution in [0.3, 0.4) is 0 Å². The summed E-state index contributed by atoms with van der Waals surface area (Å²) in [5.41, 5.74) is 2.67. The molecular weight excluding hydrogens is 298 g/mol. The van der Waals surface area contributed by atoms with Gasteiger partial charge in [-0.3, -0.25) is 4.79 Å². The molecular formula is C18H20ClNO2. The monoisotopic (exact) mass is 317 g/mol. The van der Waals surface area contributed by atoms with Crippen molar-refractivity contribution in [2.45, 2.75) is 33.1 Å². The van der Waals surface area contributed by atoms with Gasteiger partial charge in [0, 0.05) is 17.1 Å². The van der Waals surface area contributed by atoms with E-state index in [1.165, 1.54) is 0 Å². The van der Waals surface area contributed by atoms with Crippen LogP contribution in [0.1, 0.15) is 35.3 Å². The molecule has 0 aromatic heterocycles. The summed E-state index contributed by atoms with van der Waals surface area (Å²) >= 11 is 5.92. The number of amides is 1. The minimum absolute atomic E-state index is 0.101. The fraction of sp³-hybridized carbons (Fsp3) is 0.278. The summed E-state index contributed by atoms with van der Waals surface area (Å²) in [6, 6.07) is 14.9. The highest BCUT2D eigenvalue weighted by molar-refractivity contribution is 6.30. The summed E-state index contributed by atoms with van der Waals surface area (Å²) in [5.74, 6) is -0.101. The average molecular weight is 318 g/mol. The second-order valence-corrected chi connectivity index (χ2v) is 5.81.